The Kier molecular flexibility index (Phi) is 6.11. The second-order valence-corrected chi connectivity index (χ2v) is 3.93. The maximum absolute atomic E-state index is 11.5. The van der Waals surface area contributed by atoms with Crippen molar-refractivity contribution in [3.63, 3.8) is 0 Å². The van der Waals surface area contributed by atoms with Crippen molar-refractivity contribution in [3.8, 4) is 11.5 Å². The average molecular weight is 268 g/mol. The van der Waals surface area contributed by atoms with Gasteiger partial charge in [0.1, 0.15) is 17.5 Å². The topological polar surface area (TPSA) is 82.8 Å². The summed E-state index contributed by atoms with van der Waals surface area (Å²) in [4.78, 5) is 11.5. The lowest BCUT2D eigenvalue weighted by atomic mass is 10.1. The van der Waals surface area contributed by atoms with Crippen LogP contribution in [-0.2, 0) is 9.53 Å². The van der Waals surface area contributed by atoms with Gasteiger partial charge in [-0.2, -0.15) is 0 Å². The molecule has 19 heavy (non-hydrogen) atoms. The molecule has 0 aliphatic carbocycles. The zero-order chi connectivity index (χ0) is 14.3. The lowest BCUT2D eigenvalue weighted by Gasteiger charge is -2.17. The smallest absolute Gasteiger partial charge is 0.239 e. The molecule has 1 unspecified atom stereocenters. The number of nitrogens with one attached hydrogen (secondary N) is 1. The Morgan fingerprint density at radius 1 is 1.21 bits per heavy atom. The third-order valence-electron chi connectivity index (χ3n) is 2.65. The Hall–Kier alpha value is -1.79. The van der Waals surface area contributed by atoms with E-state index in [0.717, 1.165) is 0 Å². The highest BCUT2D eigenvalue weighted by Crippen LogP contribution is 2.26. The van der Waals surface area contributed by atoms with E-state index in [1.165, 1.54) is 0 Å². The Labute approximate surface area is 112 Å². The Morgan fingerprint density at radius 2 is 1.79 bits per heavy atom. The Bertz CT molecular complexity index is 401. The van der Waals surface area contributed by atoms with E-state index in [0.29, 0.717) is 30.2 Å². The SMILES string of the molecule is COCCNC(C(N)=O)c1cc(OC)cc(OC)c1. The number of hydrogen-bond acceptors (Lipinski definition) is 5. The van der Waals surface area contributed by atoms with Gasteiger partial charge < -0.3 is 19.9 Å². The fraction of sp³-hybridized carbons (Fsp3) is 0.462. The lowest BCUT2D eigenvalue weighted by Crippen LogP contribution is -2.35. The molecule has 6 nitrogen and oxygen atoms in total. The number of primary amides is 1. The van der Waals surface area contributed by atoms with Gasteiger partial charge in [-0.05, 0) is 17.7 Å². The maximum atomic E-state index is 11.5. The molecule has 0 fully saturated rings. The first-order chi connectivity index (χ1) is 9.12. The highest BCUT2D eigenvalue weighted by molar-refractivity contribution is 5.81. The standard InChI is InChI=1S/C13H20N2O4/c1-17-5-4-15-12(13(14)16)9-6-10(18-2)8-11(7-9)19-3/h6-8,12,15H,4-5H2,1-3H3,(H2,14,16). The summed E-state index contributed by atoms with van der Waals surface area (Å²) in [6, 6.07) is 4.62. The van der Waals surface area contributed by atoms with E-state index in [4.69, 9.17) is 19.9 Å². The number of ether oxygens (including phenoxy) is 3. The summed E-state index contributed by atoms with van der Waals surface area (Å²) in [5, 5.41) is 3.03. The molecule has 0 heterocycles. The second kappa shape index (κ2) is 7.60. The van der Waals surface area contributed by atoms with E-state index < -0.39 is 11.9 Å². The average Bonchev–Trinajstić information content (AvgIpc) is 2.42. The molecule has 1 aromatic carbocycles. The first-order valence-electron chi connectivity index (χ1n) is 5.87. The molecule has 0 aliphatic heterocycles. The van der Waals surface area contributed by atoms with Crippen LogP contribution in [0.3, 0.4) is 0 Å². The van der Waals surface area contributed by atoms with E-state index in [2.05, 4.69) is 5.32 Å². The van der Waals surface area contributed by atoms with Gasteiger partial charge >= 0.3 is 0 Å². The molecule has 0 saturated carbocycles. The largest absolute Gasteiger partial charge is 0.497 e. The van der Waals surface area contributed by atoms with Gasteiger partial charge in [0.15, 0.2) is 0 Å². The van der Waals surface area contributed by atoms with Crippen LogP contribution in [0.4, 0.5) is 0 Å². The summed E-state index contributed by atoms with van der Waals surface area (Å²) < 4.78 is 15.3. The molecular weight excluding hydrogens is 248 g/mol. The van der Waals surface area contributed by atoms with Gasteiger partial charge in [0.25, 0.3) is 0 Å². The van der Waals surface area contributed by atoms with Crippen molar-refractivity contribution in [2.24, 2.45) is 5.73 Å². The zero-order valence-electron chi connectivity index (χ0n) is 11.4. The minimum atomic E-state index is -0.612. The number of amides is 1. The third kappa shape index (κ3) is 4.42. The van der Waals surface area contributed by atoms with Crippen LogP contribution < -0.4 is 20.5 Å². The van der Waals surface area contributed by atoms with Crippen LogP contribution >= 0.6 is 0 Å². The summed E-state index contributed by atoms with van der Waals surface area (Å²) in [5.41, 5.74) is 6.10. The minimum Gasteiger partial charge on any atom is -0.497 e. The van der Waals surface area contributed by atoms with Crippen molar-refractivity contribution in [1.82, 2.24) is 5.32 Å². The van der Waals surface area contributed by atoms with Crippen molar-refractivity contribution in [2.75, 3.05) is 34.5 Å². The van der Waals surface area contributed by atoms with E-state index in [-0.39, 0.29) is 0 Å². The molecule has 3 N–H and O–H groups in total. The third-order valence-corrected chi connectivity index (χ3v) is 2.65. The minimum absolute atomic E-state index is 0.466. The monoisotopic (exact) mass is 268 g/mol. The van der Waals surface area contributed by atoms with Gasteiger partial charge in [0, 0.05) is 19.7 Å². The van der Waals surface area contributed by atoms with Crippen molar-refractivity contribution in [3.05, 3.63) is 23.8 Å². The van der Waals surface area contributed by atoms with Crippen molar-refractivity contribution >= 4 is 5.91 Å². The molecule has 0 spiro atoms. The van der Waals surface area contributed by atoms with E-state index in [1.54, 1.807) is 39.5 Å². The fourth-order valence-electron chi connectivity index (χ4n) is 1.68. The number of rotatable bonds is 8. The summed E-state index contributed by atoms with van der Waals surface area (Å²) >= 11 is 0. The molecule has 1 aromatic rings. The molecule has 0 aromatic heterocycles. The van der Waals surface area contributed by atoms with Gasteiger partial charge in [-0.15, -0.1) is 0 Å². The summed E-state index contributed by atoms with van der Waals surface area (Å²) in [5.74, 6) is 0.745. The maximum Gasteiger partial charge on any atom is 0.239 e. The van der Waals surface area contributed by atoms with Crippen molar-refractivity contribution in [2.45, 2.75) is 6.04 Å². The van der Waals surface area contributed by atoms with Gasteiger partial charge in [-0.1, -0.05) is 0 Å². The van der Waals surface area contributed by atoms with E-state index in [1.807, 2.05) is 0 Å². The summed E-state index contributed by atoms with van der Waals surface area (Å²) in [6.07, 6.45) is 0. The van der Waals surface area contributed by atoms with E-state index >= 15 is 0 Å². The molecular formula is C13H20N2O4. The number of nitrogens with two attached hydrogens (primary N) is 1. The van der Waals surface area contributed by atoms with E-state index in [9.17, 15) is 4.79 Å². The van der Waals surface area contributed by atoms with Crippen LogP contribution in [0.1, 0.15) is 11.6 Å². The second-order valence-electron chi connectivity index (χ2n) is 3.93. The number of carbonyl (C=O) groups excluding carboxylic acids is 1. The van der Waals surface area contributed by atoms with Crippen LogP contribution in [-0.4, -0.2) is 40.4 Å². The highest BCUT2D eigenvalue weighted by atomic mass is 16.5. The van der Waals surface area contributed by atoms with Crippen molar-refractivity contribution < 1.29 is 19.0 Å². The van der Waals surface area contributed by atoms with Crippen LogP contribution in [0.2, 0.25) is 0 Å². The Balaban J connectivity index is 2.97. The summed E-state index contributed by atoms with van der Waals surface area (Å²) in [7, 11) is 4.70. The molecule has 106 valence electrons. The number of methoxy groups -OCH3 is 3. The van der Waals surface area contributed by atoms with Crippen molar-refractivity contribution in [1.29, 1.82) is 0 Å². The predicted octanol–water partition coefficient (Wildman–Crippen LogP) is 0.466. The number of hydrogen-bond donors (Lipinski definition) is 2. The molecule has 1 atom stereocenters. The molecule has 0 bridgehead atoms. The van der Waals surface area contributed by atoms with Crippen LogP contribution in [0.15, 0.2) is 18.2 Å². The Morgan fingerprint density at radius 3 is 2.21 bits per heavy atom. The lowest BCUT2D eigenvalue weighted by molar-refractivity contribution is -0.120. The van der Waals surface area contributed by atoms with Gasteiger partial charge in [0.2, 0.25) is 5.91 Å². The van der Waals surface area contributed by atoms with Crippen LogP contribution in [0.25, 0.3) is 0 Å². The predicted molar refractivity (Wildman–Crippen MR) is 71.4 cm³/mol. The highest BCUT2D eigenvalue weighted by Gasteiger charge is 2.18. The van der Waals surface area contributed by atoms with Crippen LogP contribution in [0, 0.1) is 0 Å². The quantitative estimate of drug-likeness (QED) is 0.670. The molecule has 0 saturated heterocycles. The van der Waals surface area contributed by atoms with Gasteiger partial charge in [-0.3, -0.25) is 10.1 Å². The first kappa shape index (κ1) is 15.3. The molecule has 6 heteroatoms. The zero-order valence-corrected chi connectivity index (χ0v) is 11.4. The normalized spacial score (nSPS) is 11.9. The van der Waals surface area contributed by atoms with Crippen LogP contribution in [0.5, 0.6) is 11.5 Å². The molecule has 1 amide bonds. The van der Waals surface area contributed by atoms with Gasteiger partial charge in [-0.25, -0.2) is 0 Å². The molecule has 1 rings (SSSR count). The number of carbonyl (C=O) groups is 1. The summed E-state index contributed by atoms with van der Waals surface area (Å²) in [6.45, 7) is 1.01. The molecule has 0 radical (unpaired) electrons. The first-order valence-corrected chi connectivity index (χ1v) is 5.87. The number of benzene rings is 1. The fourth-order valence-corrected chi connectivity index (χ4v) is 1.68. The molecule has 0 aliphatic rings. The van der Waals surface area contributed by atoms with Gasteiger partial charge in [0.05, 0.1) is 20.8 Å².